The van der Waals surface area contributed by atoms with Gasteiger partial charge in [0.25, 0.3) is 0 Å². The van der Waals surface area contributed by atoms with Crippen LogP contribution in [0.25, 0.3) is 0 Å². The molecule has 3 aliphatic rings. The van der Waals surface area contributed by atoms with Gasteiger partial charge in [0.15, 0.2) is 0 Å². The minimum atomic E-state index is -3.62. The van der Waals surface area contributed by atoms with Crippen LogP contribution in [0.15, 0.2) is 23.1 Å². The summed E-state index contributed by atoms with van der Waals surface area (Å²) in [5.74, 6) is -0.0461. The first-order chi connectivity index (χ1) is 15.4. The van der Waals surface area contributed by atoms with Crippen LogP contribution in [0.5, 0.6) is 0 Å². The Balaban J connectivity index is 1.38. The van der Waals surface area contributed by atoms with Gasteiger partial charge in [0, 0.05) is 44.2 Å². The van der Waals surface area contributed by atoms with Crippen LogP contribution in [0.4, 0.5) is 5.69 Å². The normalized spacial score (nSPS) is 21.6. The van der Waals surface area contributed by atoms with Gasteiger partial charge in [-0.1, -0.05) is 25.7 Å². The number of carbonyl (C=O) groups is 2. The van der Waals surface area contributed by atoms with E-state index >= 15 is 0 Å². The van der Waals surface area contributed by atoms with E-state index in [1.807, 2.05) is 0 Å². The lowest BCUT2D eigenvalue weighted by molar-refractivity contribution is -0.127. The summed E-state index contributed by atoms with van der Waals surface area (Å²) in [4.78, 5) is 26.6. The third-order valence-electron chi connectivity index (χ3n) is 7.21. The second-order valence-electron chi connectivity index (χ2n) is 9.44. The Labute approximate surface area is 191 Å². The van der Waals surface area contributed by atoms with Crippen molar-refractivity contribution in [3.05, 3.63) is 23.8 Å². The van der Waals surface area contributed by atoms with Crippen molar-refractivity contribution in [2.45, 2.75) is 82.1 Å². The van der Waals surface area contributed by atoms with Crippen molar-refractivity contribution in [2.75, 3.05) is 24.5 Å². The van der Waals surface area contributed by atoms with Crippen molar-refractivity contribution >= 4 is 27.5 Å². The molecule has 0 bridgehead atoms. The molecule has 1 aliphatic carbocycles. The zero-order chi connectivity index (χ0) is 22.7. The lowest BCUT2D eigenvalue weighted by Crippen LogP contribution is -2.45. The number of sulfonamides is 1. The summed E-state index contributed by atoms with van der Waals surface area (Å²) in [7, 11) is -3.62. The number of aryl methyl sites for hydroxylation is 1. The number of nitrogens with zero attached hydrogens (tertiary/aromatic N) is 2. The van der Waals surface area contributed by atoms with Gasteiger partial charge < -0.3 is 10.2 Å². The van der Waals surface area contributed by atoms with Gasteiger partial charge in [-0.2, -0.15) is 4.31 Å². The van der Waals surface area contributed by atoms with Crippen LogP contribution in [0.2, 0.25) is 0 Å². The maximum atomic E-state index is 13.3. The molecule has 1 aromatic rings. The highest BCUT2D eigenvalue weighted by atomic mass is 32.2. The van der Waals surface area contributed by atoms with Crippen LogP contribution in [-0.2, 0) is 26.0 Å². The fourth-order valence-corrected chi connectivity index (χ4v) is 6.83. The van der Waals surface area contributed by atoms with Crippen LogP contribution in [0, 0.1) is 5.92 Å². The second-order valence-corrected chi connectivity index (χ2v) is 11.4. The number of fused-ring (bicyclic) bond motifs is 1. The molecule has 176 valence electrons. The highest BCUT2D eigenvalue weighted by molar-refractivity contribution is 7.89. The summed E-state index contributed by atoms with van der Waals surface area (Å²) in [5.41, 5.74) is 1.72. The highest BCUT2D eigenvalue weighted by Crippen LogP contribution is 2.32. The zero-order valence-electron chi connectivity index (χ0n) is 19.0. The summed E-state index contributed by atoms with van der Waals surface area (Å²) in [5, 5.41) is 3.22. The Morgan fingerprint density at radius 3 is 2.28 bits per heavy atom. The zero-order valence-corrected chi connectivity index (χ0v) is 19.8. The average molecular weight is 462 g/mol. The number of piperidine rings is 1. The molecule has 0 aromatic heterocycles. The molecule has 1 saturated heterocycles. The molecule has 2 aliphatic heterocycles. The van der Waals surface area contributed by atoms with E-state index in [9.17, 15) is 18.0 Å². The van der Waals surface area contributed by atoms with Crippen LogP contribution < -0.4 is 10.2 Å². The average Bonchev–Trinajstić information content (AvgIpc) is 3.07. The quantitative estimate of drug-likeness (QED) is 0.698. The van der Waals surface area contributed by atoms with E-state index in [4.69, 9.17) is 0 Å². The maximum Gasteiger partial charge on any atom is 0.243 e. The van der Waals surface area contributed by atoms with Gasteiger partial charge >= 0.3 is 0 Å². The Morgan fingerprint density at radius 2 is 1.62 bits per heavy atom. The van der Waals surface area contributed by atoms with Crippen molar-refractivity contribution in [3.63, 3.8) is 0 Å². The molecule has 0 atom stereocenters. The summed E-state index contributed by atoms with van der Waals surface area (Å²) in [6, 6.07) is 5.37. The maximum absolute atomic E-state index is 13.3. The molecular weight excluding hydrogens is 426 g/mol. The molecule has 7 nitrogen and oxygen atoms in total. The number of nitrogens with one attached hydrogen (secondary N) is 1. The number of amides is 2. The molecule has 4 rings (SSSR count). The first-order valence-corrected chi connectivity index (χ1v) is 13.5. The Morgan fingerprint density at radius 1 is 0.938 bits per heavy atom. The van der Waals surface area contributed by atoms with Gasteiger partial charge in [-0.25, -0.2) is 8.42 Å². The monoisotopic (exact) mass is 461 g/mol. The lowest BCUT2D eigenvalue weighted by atomic mass is 9.96. The molecule has 2 heterocycles. The van der Waals surface area contributed by atoms with E-state index in [0.29, 0.717) is 32.5 Å². The van der Waals surface area contributed by atoms with Gasteiger partial charge in [0.1, 0.15) is 0 Å². The lowest BCUT2D eigenvalue weighted by Gasteiger charge is -2.32. The Hall–Kier alpha value is -1.93. The first-order valence-electron chi connectivity index (χ1n) is 12.1. The summed E-state index contributed by atoms with van der Waals surface area (Å²) in [6.45, 7) is 2.93. The van der Waals surface area contributed by atoms with Crippen LogP contribution in [-0.4, -0.2) is 50.2 Å². The number of anilines is 1. The molecule has 0 spiro atoms. The first kappa shape index (κ1) is 23.2. The van der Waals surface area contributed by atoms with Crippen molar-refractivity contribution in [2.24, 2.45) is 5.92 Å². The molecule has 1 saturated carbocycles. The summed E-state index contributed by atoms with van der Waals surface area (Å²) in [6.07, 6.45) is 9.66. The summed E-state index contributed by atoms with van der Waals surface area (Å²) >= 11 is 0. The van der Waals surface area contributed by atoms with Gasteiger partial charge in [-0.15, -0.1) is 0 Å². The largest absolute Gasteiger partial charge is 0.353 e. The smallest absolute Gasteiger partial charge is 0.243 e. The van der Waals surface area contributed by atoms with E-state index in [0.717, 1.165) is 36.9 Å². The van der Waals surface area contributed by atoms with Gasteiger partial charge in [-0.05, 0) is 62.3 Å². The highest BCUT2D eigenvalue weighted by Gasteiger charge is 2.33. The number of hydrogen-bond donors (Lipinski definition) is 1. The number of rotatable bonds is 4. The fraction of sp³-hybridized carbons (Fsp3) is 0.667. The molecular formula is C24H35N3O4S. The molecule has 32 heavy (non-hydrogen) atoms. The molecule has 1 N–H and O–H groups in total. The van der Waals surface area contributed by atoms with E-state index in [2.05, 4.69) is 5.32 Å². The van der Waals surface area contributed by atoms with E-state index in [-0.39, 0.29) is 28.7 Å². The molecule has 1 aromatic carbocycles. The topological polar surface area (TPSA) is 86.8 Å². The van der Waals surface area contributed by atoms with E-state index in [1.165, 1.54) is 36.9 Å². The standard InChI is InChI=1S/C24H35N3O4S/c1-18(28)27-14-6-7-20-17-22(10-11-23(20)27)32(30,31)26-15-12-19(13-16-26)24(29)25-21-8-4-2-3-5-9-21/h10-11,17,19,21H,2-9,12-16H2,1H3,(H,25,29). The SMILES string of the molecule is CC(=O)N1CCCc2cc(S(=O)(=O)N3CCC(C(=O)NC4CCCCCC4)CC3)ccc21. The number of hydrogen-bond acceptors (Lipinski definition) is 4. The van der Waals surface area contributed by atoms with Gasteiger partial charge in [0.05, 0.1) is 4.90 Å². The van der Waals surface area contributed by atoms with Gasteiger partial charge in [-0.3, -0.25) is 9.59 Å². The van der Waals surface area contributed by atoms with E-state index < -0.39 is 10.0 Å². The predicted octanol–water partition coefficient (Wildman–Crippen LogP) is 3.23. The Bertz CT molecular complexity index is 946. The predicted molar refractivity (Wildman–Crippen MR) is 124 cm³/mol. The van der Waals surface area contributed by atoms with Crippen molar-refractivity contribution in [1.82, 2.24) is 9.62 Å². The minimum absolute atomic E-state index is 0.0224. The molecule has 8 heteroatoms. The van der Waals surface area contributed by atoms with E-state index in [1.54, 1.807) is 23.1 Å². The van der Waals surface area contributed by atoms with Crippen LogP contribution in [0.3, 0.4) is 0 Å². The molecule has 2 fully saturated rings. The minimum Gasteiger partial charge on any atom is -0.353 e. The number of benzene rings is 1. The van der Waals surface area contributed by atoms with Crippen molar-refractivity contribution in [1.29, 1.82) is 0 Å². The van der Waals surface area contributed by atoms with Crippen LogP contribution in [0.1, 0.15) is 70.3 Å². The molecule has 0 radical (unpaired) electrons. The fourth-order valence-electron chi connectivity index (χ4n) is 5.31. The van der Waals surface area contributed by atoms with Crippen LogP contribution >= 0.6 is 0 Å². The Kier molecular flexibility index (Phi) is 7.20. The number of carbonyl (C=O) groups excluding carboxylic acids is 2. The molecule has 0 unspecified atom stereocenters. The third-order valence-corrected chi connectivity index (χ3v) is 9.11. The van der Waals surface area contributed by atoms with Crippen molar-refractivity contribution in [3.8, 4) is 0 Å². The van der Waals surface area contributed by atoms with Crippen molar-refractivity contribution < 1.29 is 18.0 Å². The van der Waals surface area contributed by atoms with Gasteiger partial charge in [0.2, 0.25) is 21.8 Å². The third kappa shape index (κ3) is 5.01. The molecule has 2 amide bonds. The second kappa shape index (κ2) is 9.91. The summed E-state index contributed by atoms with van der Waals surface area (Å²) < 4.78 is 28.0.